The Balaban J connectivity index is 1.95. The smallest absolute Gasteiger partial charge is 0.243 e. The minimum Gasteiger partial charge on any atom is -0.495 e. The minimum atomic E-state index is -3.57. The fraction of sp³-hybridized carbons (Fsp3) is 0.562. The number of methoxy groups -OCH3 is 1. The first kappa shape index (κ1) is 17.2. The molecule has 3 rings (SSSR count). The summed E-state index contributed by atoms with van der Waals surface area (Å²) in [5.74, 6) is 0.519. The second kappa shape index (κ2) is 6.70. The number of piperazine rings is 1. The number of likely N-dealkylation sites (N-methyl/N-ethyl adjacent to an activating group) is 1. The fourth-order valence-electron chi connectivity index (χ4n) is 3.12. The lowest BCUT2D eigenvalue weighted by Gasteiger charge is -2.31. The Morgan fingerprint density at radius 3 is 2.38 bits per heavy atom. The van der Waals surface area contributed by atoms with Gasteiger partial charge >= 0.3 is 0 Å². The van der Waals surface area contributed by atoms with Crippen LogP contribution < -0.4 is 9.64 Å². The number of nitrogens with zero attached hydrogens (tertiary/aromatic N) is 3. The lowest BCUT2D eigenvalue weighted by atomic mass is 10.2. The third kappa shape index (κ3) is 3.13. The van der Waals surface area contributed by atoms with E-state index in [9.17, 15) is 13.2 Å². The first-order valence-electron chi connectivity index (χ1n) is 8.10. The summed E-state index contributed by atoms with van der Waals surface area (Å²) in [7, 11) is -0.0644. The number of rotatable bonds is 4. The molecule has 0 radical (unpaired) electrons. The molecule has 1 aromatic rings. The van der Waals surface area contributed by atoms with Gasteiger partial charge in [-0.25, -0.2) is 8.42 Å². The molecule has 1 aromatic carbocycles. The van der Waals surface area contributed by atoms with Crippen molar-refractivity contribution in [3.63, 3.8) is 0 Å². The highest BCUT2D eigenvalue weighted by atomic mass is 32.2. The predicted molar refractivity (Wildman–Crippen MR) is 90.8 cm³/mol. The average molecular weight is 353 g/mol. The maximum absolute atomic E-state index is 12.9. The van der Waals surface area contributed by atoms with Crippen molar-refractivity contribution in [1.29, 1.82) is 0 Å². The van der Waals surface area contributed by atoms with Crippen LogP contribution in [0.25, 0.3) is 0 Å². The molecule has 7 nitrogen and oxygen atoms in total. The normalized spacial score (nSPS) is 20.6. The van der Waals surface area contributed by atoms with E-state index in [2.05, 4.69) is 4.90 Å². The van der Waals surface area contributed by atoms with Gasteiger partial charge in [-0.05, 0) is 31.7 Å². The number of ether oxygens (including phenoxy) is 1. The monoisotopic (exact) mass is 353 g/mol. The molecule has 24 heavy (non-hydrogen) atoms. The van der Waals surface area contributed by atoms with Gasteiger partial charge in [0.15, 0.2) is 0 Å². The van der Waals surface area contributed by atoms with Gasteiger partial charge in [0, 0.05) is 39.1 Å². The van der Waals surface area contributed by atoms with Gasteiger partial charge in [0.2, 0.25) is 15.9 Å². The van der Waals surface area contributed by atoms with Gasteiger partial charge in [-0.3, -0.25) is 4.79 Å². The van der Waals surface area contributed by atoms with E-state index < -0.39 is 10.0 Å². The van der Waals surface area contributed by atoms with Crippen molar-refractivity contribution in [3.8, 4) is 5.75 Å². The Morgan fingerprint density at radius 1 is 1.08 bits per heavy atom. The molecule has 0 unspecified atom stereocenters. The molecule has 8 heteroatoms. The first-order valence-corrected chi connectivity index (χ1v) is 9.54. The molecular weight excluding hydrogens is 330 g/mol. The van der Waals surface area contributed by atoms with Crippen LogP contribution in [0.2, 0.25) is 0 Å². The lowest BCUT2D eigenvalue weighted by molar-refractivity contribution is -0.117. The SMILES string of the molecule is COc1ccc(S(=O)(=O)N2CCN(C)CC2)cc1N1CCCC1=O. The molecule has 0 bridgehead atoms. The van der Waals surface area contributed by atoms with Crippen LogP contribution in [-0.2, 0) is 14.8 Å². The van der Waals surface area contributed by atoms with Gasteiger partial charge in [0.25, 0.3) is 0 Å². The Labute approximate surface area is 142 Å². The summed E-state index contributed by atoms with van der Waals surface area (Å²) in [6.45, 7) is 2.97. The minimum absolute atomic E-state index is 0.00226. The number of carbonyl (C=O) groups excluding carboxylic acids is 1. The Bertz CT molecular complexity index is 727. The van der Waals surface area contributed by atoms with Crippen LogP contribution in [0.5, 0.6) is 5.75 Å². The number of hydrogen-bond acceptors (Lipinski definition) is 5. The second-order valence-electron chi connectivity index (χ2n) is 6.19. The molecular formula is C16H23N3O4S. The molecule has 0 aliphatic carbocycles. The Hall–Kier alpha value is -1.64. The fourth-order valence-corrected chi connectivity index (χ4v) is 4.56. The molecule has 0 saturated carbocycles. The maximum Gasteiger partial charge on any atom is 0.243 e. The summed E-state index contributed by atoms with van der Waals surface area (Å²) in [6, 6.07) is 4.75. The van der Waals surface area contributed by atoms with E-state index in [1.54, 1.807) is 23.1 Å². The van der Waals surface area contributed by atoms with Crippen LogP contribution in [-0.4, -0.2) is 70.4 Å². The highest BCUT2D eigenvalue weighted by Gasteiger charge is 2.30. The quantitative estimate of drug-likeness (QED) is 0.799. The standard InChI is InChI=1S/C16H23N3O4S/c1-17-8-10-18(11-9-17)24(21,22)13-5-6-15(23-2)14(12-13)19-7-3-4-16(19)20/h5-6,12H,3-4,7-11H2,1-2H3. The third-order valence-corrected chi connectivity index (χ3v) is 6.51. The van der Waals surface area contributed by atoms with Crippen molar-refractivity contribution in [2.45, 2.75) is 17.7 Å². The van der Waals surface area contributed by atoms with Crippen LogP contribution in [0.15, 0.2) is 23.1 Å². The van der Waals surface area contributed by atoms with Crippen molar-refractivity contribution in [2.24, 2.45) is 0 Å². The summed E-state index contributed by atoms with van der Waals surface area (Å²) in [4.78, 5) is 16.0. The number of amides is 1. The van der Waals surface area contributed by atoms with Crippen molar-refractivity contribution in [1.82, 2.24) is 9.21 Å². The van der Waals surface area contributed by atoms with E-state index >= 15 is 0 Å². The maximum atomic E-state index is 12.9. The summed E-state index contributed by atoms with van der Waals surface area (Å²) < 4.78 is 32.6. The van der Waals surface area contributed by atoms with Crippen molar-refractivity contribution >= 4 is 21.6 Å². The van der Waals surface area contributed by atoms with Crippen molar-refractivity contribution in [3.05, 3.63) is 18.2 Å². The number of hydrogen-bond donors (Lipinski definition) is 0. The van der Waals surface area contributed by atoms with Crippen molar-refractivity contribution < 1.29 is 17.9 Å². The highest BCUT2D eigenvalue weighted by Crippen LogP contribution is 2.34. The van der Waals surface area contributed by atoms with Crippen LogP contribution in [0.4, 0.5) is 5.69 Å². The molecule has 2 fully saturated rings. The van der Waals surface area contributed by atoms with E-state index in [0.29, 0.717) is 50.6 Å². The molecule has 1 amide bonds. The Morgan fingerprint density at radius 2 is 1.79 bits per heavy atom. The topological polar surface area (TPSA) is 70.2 Å². The van der Waals surface area contributed by atoms with Crippen LogP contribution in [0.3, 0.4) is 0 Å². The van der Waals surface area contributed by atoms with Gasteiger partial charge in [-0.1, -0.05) is 0 Å². The summed E-state index contributed by atoms with van der Waals surface area (Å²) in [5.41, 5.74) is 0.537. The zero-order valence-electron chi connectivity index (χ0n) is 14.1. The van der Waals surface area contributed by atoms with E-state index in [4.69, 9.17) is 4.74 Å². The average Bonchev–Trinajstić information content (AvgIpc) is 3.00. The van der Waals surface area contributed by atoms with Crippen LogP contribution in [0.1, 0.15) is 12.8 Å². The molecule has 0 atom stereocenters. The molecule has 0 spiro atoms. The highest BCUT2D eigenvalue weighted by molar-refractivity contribution is 7.89. The zero-order chi connectivity index (χ0) is 17.3. The summed E-state index contributed by atoms with van der Waals surface area (Å²) >= 11 is 0. The summed E-state index contributed by atoms with van der Waals surface area (Å²) in [5, 5.41) is 0. The van der Waals surface area contributed by atoms with Crippen LogP contribution in [0, 0.1) is 0 Å². The number of anilines is 1. The van der Waals surface area contributed by atoms with E-state index in [1.807, 2.05) is 7.05 Å². The molecule has 2 aliphatic heterocycles. The van der Waals surface area contributed by atoms with Gasteiger partial charge in [0.05, 0.1) is 17.7 Å². The zero-order valence-corrected chi connectivity index (χ0v) is 14.9. The molecule has 132 valence electrons. The van der Waals surface area contributed by atoms with Gasteiger partial charge in [-0.15, -0.1) is 0 Å². The third-order valence-electron chi connectivity index (χ3n) is 4.61. The number of carbonyl (C=O) groups is 1. The number of sulfonamides is 1. The van der Waals surface area contributed by atoms with E-state index in [0.717, 1.165) is 6.42 Å². The first-order chi connectivity index (χ1) is 11.4. The predicted octanol–water partition coefficient (Wildman–Crippen LogP) is 0.758. The van der Waals surface area contributed by atoms with Gasteiger partial charge in [0.1, 0.15) is 5.75 Å². The molecule has 2 heterocycles. The second-order valence-corrected chi connectivity index (χ2v) is 8.13. The molecule has 0 aromatic heterocycles. The molecule has 2 saturated heterocycles. The van der Waals surface area contributed by atoms with E-state index in [-0.39, 0.29) is 10.8 Å². The van der Waals surface area contributed by atoms with Crippen LogP contribution >= 0.6 is 0 Å². The van der Waals surface area contributed by atoms with Gasteiger partial charge in [-0.2, -0.15) is 4.31 Å². The Kier molecular flexibility index (Phi) is 4.80. The van der Waals surface area contributed by atoms with Gasteiger partial charge < -0.3 is 14.5 Å². The molecule has 0 N–H and O–H groups in total. The van der Waals surface area contributed by atoms with Crippen molar-refractivity contribution in [2.75, 3.05) is 51.8 Å². The largest absolute Gasteiger partial charge is 0.495 e. The number of benzene rings is 1. The van der Waals surface area contributed by atoms with E-state index in [1.165, 1.54) is 11.4 Å². The summed E-state index contributed by atoms with van der Waals surface area (Å²) in [6.07, 6.45) is 1.26. The lowest BCUT2D eigenvalue weighted by Crippen LogP contribution is -2.47. The molecule has 2 aliphatic rings.